The molecule has 0 radical (unpaired) electrons. The molecule has 1 amide bonds. The summed E-state index contributed by atoms with van der Waals surface area (Å²) in [4.78, 5) is 35.5. The van der Waals surface area contributed by atoms with Crippen molar-refractivity contribution in [1.82, 2.24) is 5.32 Å². The highest BCUT2D eigenvalue weighted by molar-refractivity contribution is 9.10. The fraction of sp³-hybridized carbons (Fsp3) is 0.190. The van der Waals surface area contributed by atoms with Crippen molar-refractivity contribution in [2.75, 3.05) is 18.5 Å². The molecule has 0 aromatic heterocycles. The van der Waals surface area contributed by atoms with E-state index < -0.39 is 17.8 Å². The van der Waals surface area contributed by atoms with Crippen molar-refractivity contribution < 1.29 is 23.5 Å². The molecule has 0 bridgehead atoms. The molecule has 1 fully saturated rings. The predicted octanol–water partition coefficient (Wildman–Crippen LogP) is 3.33. The Morgan fingerprint density at radius 3 is 2.62 bits per heavy atom. The van der Waals surface area contributed by atoms with E-state index in [2.05, 4.69) is 26.6 Å². The van der Waals surface area contributed by atoms with Crippen LogP contribution in [0.2, 0.25) is 0 Å². The average Bonchev–Trinajstić information content (AvgIpc) is 3.10. The minimum absolute atomic E-state index is 0.0141. The van der Waals surface area contributed by atoms with Crippen molar-refractivity contribution in [2.45, 2.75) is 12.5 Å². The highest BCUT2D eigenvalue weighted by Crippen LogP contribution is 2.17. The van der Waals surface area contributed by atoms with E-state index in [1.54, 1.807) is 36.4 Å². The first-order valence-electron chi connectivity index (χ1n) is 8.90. The number of ketones is 1. The monoisotopic (exact) mass is 460 g/mol. The van der Waals surface area contributed by atoms with Gasteiger partial charge in [0, 0.05) is 27.7 Å². The normalized spacial score (nSPS) is 15.9. The maximum absolute atomic E-state index is 13.8. The fourth-order valence-electron chi connectivity index (χ4n) is 2.71. The maximum Gasteiger partial charge on any atom is 0.328 e. The molecular weight excluding hydrogens is 443 g/mol. The van der Waals surface area contributed by atoms with Crippen molar-refractivity contribution in [2.24, 2.45) is 0 Å². The Bertz CT molecular complexity index is 960. The average molecular weight is 461 g/mol. The molecule has 0 unspecified atom stereocenters. The van der Waals surface area contributed by atoms with E-state index >= 15 is 0 Å². The van der Waals surface area contributed by atoms with Crippen molar-refractivity contribution in [3.63, 3.8) is 0 Å². The first-order chi connectivity index (χ1) is 13.9. The standard InChI is InChI=1S/C21H18BrFN2O4/c22-15-5-1-13(17(23)11-15)4-8-19(26)14-2-6-16(7-3-14)24-12-20(27)25-18-9-10-29-21(18)28/h1-8,11,18,24H,9-10,12H2,(H,25,27)/b8-4+/t18-/m0/s1. The molecule has 2 aromatic carbocycles. The lowest BCUT2D eigenvalue weighted by molar-refractivity contribution is -0.141. The summed E-state index contributed by atoms with van der Waals surface area (Å²) in [6, 6.07) is 10.6. The number of cyclic esters (lactones) is 1. The summed E-state index contributed by atoms with van der Waals surface area (Å²) >= 11 is 3.18. The number of rotatable bonds is 7. The number of benzene rings is 2. The number of amides is 1. The second-order valence-corrected chi connectivity index (χ2v) is 7.29. The van der Waals surface area contributed by atoms with E-state index in [9.17, 15) is 18.8 Å². The van der Waals surface area contributed by atoms with Crippen molar-refractivity contribution >= 4 is 45.4 Å². The molecule has 0 saturated carbocycles. The molecule has 1 aliphatic heterocycles. The first-order valence-corrected chi connectivity index (χ1v) is 9.69. The van der Waals surface area contributed by atoms with Crippen LogP contribution >= 0.6 is 15.9 Å². The number of nitrogens with one attached hydrogen (secondary N) is 2. The zero-order chi connectivity index (χ0) is 20.8. The molecule has 6 nitrogen and oxygen atoms in total. The van der Waals surface area contributed by atoms with Gasteiger partial charge in [0.05, 0.1) is 13.2 Å². The van der Waals surface area contributed by atoms with Gasteiger partial charge in [-0.3, -0.25) is 9.59 Å². The number of esters is 1. The predicted molar refractivity (Wildman–Crippen MR) is 110 cm³/mol. The quantitative estimate of drug-likeness (QED) is 0.376. The molecule has 0 spiro atoms. The molecule has 0 aliphatic carbocycles. The third-order valence-electron chi connectivity index (χ3n) is 4.27. The van der Waals surface area contributed by atoms with Crippen LogP contribution in [0.4, 0.5) is 10.1 Å². The first kappa shape index (κ1) is 20.7. The molecule has 1 saturated heterocycles. The number of anilines is 1. The number of ether oxygens (including phenoxy) is 1. The Morgan fingerprint density at radius 2 is 1.97 bits per heavy atom. The van der Waals surface area contributed by atoms with E-state index in [1.807, 2.05) is 0 Å². The lowest BCUT2D eigenvalue weighted by atomic mass is 10.1. The smallest absolute Gasteiger partial charge is 0.328 e. The Hall–Kier alpha value is -3.00. The number of hydrogen-bond acceptors (Lipinski definition) is 5. The van der Waals surface area contributed by atoms with Gasteiger partial charge in [0.15, 0.2) is 5.78 Å². The number of allylic oxidation sites excluding steroid dienone is 1. The van der Waals surface area contributed by atoms with Crippen LogP contribution in [-0.2, 0) is 14.3 Å². The Balaban J connectivity index is 1.52. The van der Waals surface area contributed by atoms with Crippen molar-refractivity contribution in [3.05, 3.63) is 70.0 Å². The summed E-state index contributed by atoms with van der Waals surface area (Å²) < 4.78 is 19.2. The summed E-state index contributed by atoms with van der Waals surface area (Å²) in [7, 11) is 0. The second-order valence-electron chi connectivity index (χ2n) is 6.37. The van der Waals surface area contributed by atoms with Gasteiger partial charge in [-0.15, -0.1) is 0 Å². The summed E-state index contributed by atoms with van der Waals surface area (Å²) in [6.07, 6.45) is 3.20. The summed E-state index contributed by atoms with van der Waals surface area (Å²) in [5, 5.41) is 5.52. The van der Waals surface area contributed by atoms with Gasteiger partial charge >= 0.3 is 5.97 Å². The number of hydrogen-bond donors (Lipinski definition) is 2. The SMILES string of the molecule is O=C(CNc1ccc(C(=O)/C=C/c2ccc(Br)cc2F)cc1)N[C@H]1CCOC1=O. The molecular formula is C21H18BrFN2O4. The van der Waals surface area contributed by atoms with Crippen LogP contribution in [0.15, 0.2) is 53.0 Å². The summed E-state index contributed by atoms with van der Waals surface area (Å²) in [6.45, 7) is 0.301. The molecule has 29 heavy (non-hydrogen) atoms. The van der Waals surface area contributed by atoms with E-state index in [4.69, 9.17) is 4.74 Å². The van der Waals surface area contributed by atoms with Crippen LogP contribution in [0.5, 0.6) is 0 Å². The van der Waals surface area contributed by atoms with Crippen molar-refractivity contribution in [1.29, 1.82) is 0 Å². The van der Waals surface area contributed by atoms with E-state index in [0.717, 1.165) is 0 Å². The van der Waals surface area contributed by atoms with Gasteiger partial charge in [-0.2, -0.15) is 0 Å². The van der Waals surface area contributed by atoms with Crippen molar-refractivity contribution in [3.8, 4) is 0 Å². The number of carbonyl (C=O) groups is 3. The molecule has 1 aliphatic rings. The molecule has 3 rings (SSSR count). The molecule has 2 N–H and O–H groups in total. The minimum atomic E-state index is -0.591. The van der Waals surface area contributed by atoms with Gasteiger partial charge in [0.2, 0.25) is 5.91 Å². The van der Waals surface area contributed by atoms with Gasteiger partial charge in [-0.25, -0.2) is 9.18 Å². The molecule has 150 valence electrons. The number of halogens is 2. The van der Waals surface area contributed by atoms with E-state index in [-0.39, 0.29) is 18.2 Å². The van der Waals surface area contributed by atoms with Crippen LogP contribution in [0.3, 0.4) is 0 Å². The van der Waals surface area contributed by atoms with Crippen LogP contribution in [0.25, 0.3) is 6.08 Å². The molecule has 1 atom stereocenters. The third-order valence-corrected chi connectivity index (χ3v) is 4.76. The maximum atomic E-state index is 13.8. The zero-order valence-electron chi connectivity index (χ0n) is 15.3. The Labute approximate surface area is 175 Å². The van der Waals surface area contributed by atoms with Crippen LogP contribution in [0.1, 0.15) is 22.3 Å². The van der Waals surface area contributed by atoms with Gasteiger partial charge in [-0.05, 0) is 48.6 Å². The van der Waals surface area contributed by atoms with Gasteiger partial charge < -0.3 is 15.4 Å². The molecule has 1 heterocycles. The third kappa shape index (κ3) is 5.74. The van der Waals surface area contributed by atoms with E-state index in [0.29, 0.717) is 34.3 Å². The van der Waals surface area contributed by atoms with Gasteiger partial charge in [-0.1, -0.05) is 22.0 Å². The lowest BCUT2D eigenvalue weighted by Crippen LogP contribution is -2.40. The minimum Gasteiger partial charge on any atom is -0.464 e. The lowest BCUT2D eigenvalue weighted by Gasteiger charge is -2.10. The highest BCUT2D eigenvalue weighted by Gasteiger charge is 2.27. The van der Waals surface area contributed by atoms with Gasteiger partial charge in [0.25, 0.3) is 0 Å². The summed E-state index contributed by atoms with van der Waals surface area (Å²) in [5.74, 6) is -1.44. The van der Waals surface area contributed by atoms with E-state index in [1.165, 1.54) is 18.2 Å². The largest absolute Gasteiger partial charge is 0.464 e. The molecule has 8 heteroatoms. The summed E-state index contributed by atoms with van der Waals surface area (Å²) in [5.41, 5.74) is 1.40. The topological polar surface area (TPSA) is 84.5 Å². The Kier molecular flexibility index (Phi) is 6.77. The number of carbonyl (C=O) groups excluding carboxylic acids is 3. The fourth-order valence-corrected chi connectivity index (χ4v) is 3.04. The van der Waals surface area contributed by atoms with Gasteiger partial charge in [0.1, 0.15) is 11.9 Å². The zero-order valence-corrected chi connectivity index (χ0v) is 16.9. The molecule has 2 aromatic rings. The van der Waals surface area contributed by atoms with Crippen LogP contribution in [0, 0.1) is 5.82 Å². The van der Waals surface area contributed by atoms with Crippen LogP contribution in [-0.4, -0.2) is 36.9 Å². The van der Waals surface area contributed by atoms with Crippen LogP contribution < -0.4 is 10.6 Å². The second kappa shape index (κ2) is 9.47. The Morgan fingerprint density at radius 1 is 1.21 bits per heavy atom. The highest BCUT2D eigenvalue weighted by atomic mass is 79.9.